The molecule has 3 aromatic heterocycles. The van der Waals surface area contributed by atoms with Crippen LogP contribution in [-0.4, -0.2) is 24.7 Å². The highest BCUT2D eigenvalue weighted by Crippen LogP contribution is 2.38. The Kier molecular flexibility index (Phi) is 3.99. The van der Waals surface area contributed by atoms with Gasteiger partial charge in [0.25, 0.3) is 0 Å². The number of nitrogens with one attached hydrogen (secondary N) is 1. The molecule has 0 aliphatic rings. The molecule has 2 aromatic carbocycles. The molecule has 8 heteroatoms. The molecule has 5 aromatic rings. The van der Waals surface area contributed by atoms with Gasteiger partial charge in [0.05, 0.1) is 0 Å². The van der Waals surface area contributed by atoms with Gasteiger partial charge in [0.15, 0.2) is 0 Å². The summed E-state index contributed by atoms with van der Waals surface area (Å²) in [4.78, 5) is 7.86. The van der Waals surface area contributed by atoms with Crippen LogP contribution in [0.15, 0.2) is 57.7 Å². The molecule has 3 N–H and O–H groups in total. The fourth-order valence-corrected chi connectivity index (χ4v) is 4.27. The molecule has 5 rings (SSSR count). The van der Waals surface area contributed by atoms with Gasteiger partial charge in [-0.2, -0.15) is 0 Å². The second-order valence-electron chi connectivity index (χ2n) is 6.57. The molecule has 0 unspecified atom stereocenters. The van der Waals surface area contributed by atoms with Crippen LogP contribution in [0.5, 0.6) is 0 Å². The van der Waals surface area contributed by atoms with E-state index in [0.717, 1.165) is 41.9 Å². The summed E-state index contributed by atoms with van der Waals surface area (Å²) in [6.07, 6.45) is 3.98. The van der Waals surface area contributed by atoms with Gasteiger partial charge in [0.2, 0.25) is 5.95 Å². The number of nitrogen functional groups attached to an aromatic ring is 1. The molecular weight excluding hydrogens is 484 g/mol. The fourth-order valence-electron chi connectivity index (χ4n) is 3.55. The third-order valence-corrected chi connectivity index (χ3v) is 5.80. The number of hydrogen-bond acceptors (Lipinski definition) is 4. The summed E-state index contributed by atoms with van der Waals surface area (Å²) in [6.45, 7) is 0. The molecular formula is C20H14Br2N6. The highest BCUT2D eigenvalue weighted by molar-refractivity contribution is 9.10. The predicted molar refractivity (Wildman–Crippen MR) is 119 cm³/mol. The van der Waals surface area contributed by atoms with Gasteiger partial charge in [-0.15, -0.1) is 10.2 Å². The molecule has 6 nitrogen and oxygen atoms in total. The maximum atomic E-state index is 5.91. The Hall–Kier alpha value is -2.71. The Morgan fingerprint density at radius 1 is 0.929 bits per heavy atom. The van der Waals surface area contributed by atoms with Crippen molar-refractivity contribution in [1.82, 2.24) is 24.7 Å². The first kappa shape index (κ1) is 17.4. The van der Waals surface area contributed by atoms with Crippen molar-refractivity contribution >= 4 is 59.6 Å². The van der Waals surface area contributed by atoms with Crippen molar-refractivity contribution in [2.24, 2.45) is 7.05 Å². The molecule has 0 fully saturated rings. The quantitative estimate of drug-likeness (QED) is 0.347. The second kappa shape index (κ2) is 6.42. The lowest BCUT2D eigenvalue weighted by atomic mass is 10.0. The van der Waals surface area contributed by atoms with Crippen molar-refractivity contribution in [2.75, 3.05) is 5.73 Å². The van der Waals surface area contributed by atoms with Gasteiger partial charge in [0, 0.05) is 61.3 Å². The average Bonchev–Trinajstić information content (AvgIpc) is 3.22. The molecule has 0 aliphatic carbocycles. The van der Waals surface area contributed by atoms with E-state index in [1.54, 1.807) is 0 Å². The van der Waals surface area contributed by atoms with E-state index in [0.29, 0.717) is 11.4 Å². The van der Waals surface area contributed by atoms with Crippen LogP contribution in [0.4, 0.5) is 5.95 Å². The van der Waals surface area contributed by atoms with Crippen LogP contribution in [-0.2, 0) is 7.05 Å². The molecule has 0 aliphatic heterocycles. The number of aryl methyl sites for hydroxylation is 1. The fraction of sp³-hybridized carbons (Fsp3) is 0.0500. The van der Waals surface area contributed by atoms with E-state index in [1.807, 2.05) is 37.6 Å². The minimum absolute atomic E-state index is 0.143. The number of aromatic amines is 1. The van der Waals surface area contributed by atoms with Gasteiger partial charge >= 0.3 is 0 Å². The summed E-state index contributed by atoms with van der Waals surface area (Å²) in [5.41, 5.74) is 11.3. The van der Waals surface area contributed by atoms with Crippen molar-refractivity contribution < 1.29 is 0 Å². The van der Waals surface area contributed by atoms with Crippen molar-refractivity contribution in [3.8, 4) is 22.5 Å². The maximum absolute atomic E-state index is 5.91. The third kappa shape index (κ3) is 2.71. The van der Waals surface area contributed by atoms with E-state index >= 15 is 0 Å². The molecule has 0 radical (unpaired) electrons. The lowest BCUT2D eigenvalue weighted by Crippen LogP contribution is -2.02. The highest BCUT2D eigenvalue weighted by atomic mass is 79.9. The second-order valence-corrected chi connectivity index (χ2v) is 8.41. The molecule has 28 heavy (non-hydrogen) atoms. The molecule has 0 bridgehead atoms. The standard InChI is InChI=1S/C20H14Br2N6/c1-28-9-15(13-7-11(22)3-5-17(13)28)19-18(25-20(23)27-26-19)14-8-24-16-4-2-10(21)6-12(14)16/h2-9,24H,1H3,(H2,23,25,27). The first-order chi connectivity index (χ1) is 13.5. The predicted octanol–water partition coefficient (Wildman–Crippen LogP) is 5.29. The minimum atomic E-state index is 0.143. The number of rotatable bonds is 2. The number of nitrogens with two attached hydrogens (primary N) is 1. The monoisotopic (exact) mass is 496 g/mol. The number of nitrogens with zero attached hydrogens (tertiary/aromatic N) is 4. The highest BCUT2D eigenvalue weighted by Gasteiger charge is 2.20. The zero-order chi connectivity index (χ0) is 19.4. The minimum Gasteiger partial charge on any atom is -0.366 e. The van der Waals surface area contributed by atoms with E-state index in [9.17, 15) is 0 Å². The zero-order valence-electron chi connectivity index (χ0n) is 14.7. The largest absolute Gasteiger partial charge is 0.366 e. The third-order valence-electron chi connectivity index (χ3n) is 4.81. The van der Waals surface area contributed by atoms with Crippen LogP contribution in [0.25, 0.3) is 44.3 Å². The number of hydrogen-bond donors (Lipinski definition) is 2. The maximum Gasteiger partial charge on any atom is 0.240 e. The Bertz CT molecular complexity index is 1370. The first-order valence-electron chi connectivity index (χ1n) is 8.53. The zero-order valence-corrected chi connectivity index (χ0v) is 17.9. The van der Waals surface area contributed by atoms with Crippen molar-refractivity contribution in [2.45, 2.75) is 0 Å². The van der Waals surface area contributed by atoms with E-state index < -0.39 is 0 Å². The van der Waals surface area contributed by atoms with Gasteiger partial charge in [-0.1, -0.05) is 31.9 Å². The van der Waals surface area contributed by atoms with Gasteiger partial charge in [-0.05, 0) is 36.4 Å². The lowest BCUT2D eigenvalue weighted by Gasteiger charge is -2.07. The molecule has 0 saturated heterocycles. The van der Waals surface area contributed by atoms with E-state index in [4.69, 9.17) is 5.73 Å². The molecule has 0 saturated carbocycles. The van der Waals surface area contributed by atoms with Crippen LogP contribution in [0.2, 0.25) is 0 Å². The summed E-state index contributed by atoms with van der Waals surface area (Å²) in [6, 6.07) is 12.3. The number of aromatic nitrogens is 5. The SMILES string of the molecule is Cn1cc(-c2nnc(N)nc2-c2c[nH]c3ccc(Br)cc23)c2cc(Br)ccc21. The van der Waals surface area contributed by atoms with Crippen molar-refractivity contribution in [3.05, 3.63) is 57.7 Å². The van der Waals surface area contributed by atoms with Gasteiger partial charge in [-0.3, -0.25) is 0 Å². The van der Waals surface area contributed by atoms with E-state index in [-0.39, 0.29) is 5.95 Å². The normalized spacial score (nSPS) is 11.5. The summed E-state index contributed by atoms with van der Waals surface area (Å²) in [5, 5.41) is 10.6. The molecule has 0 spiro atoms. The first-order valence-corrected chi connectivity index (χ1v) is 10.1. The Morgan fingerprint density at radius 3 is 2.50 bits per heavy atom. The number of halogens is 2. The lowest BCUT2D eigenvalue weighted by molar-refractivity contribution is 0.963. The number of benzene rings is 2. The van der Waals surface area contributed by atoms with Crippen LogP contribution < -0.4 is 5.73 Å². The molecule has 138 valence electrons. The number of fused-ring (bicyclic) bond motifs is 2. The number of H-pyrrole nitrogens is 1. The Labute approximate surface area is 177 Å². The van der Waals surface area contributed by atoms with Gasteiger partial charge < -0.3 is 15.3 Å². The summed E-state index contributed by atoms with van der Waals surface area (Å²) >= 11 is 7.12. The van der Waals surface area contributed by atoms with Crippen LogP contribution in [0.1, 0.15) is 0 Å². The Morgan fingerprint density at radius 2 is 1.68 bits per heavy atom. The van der Waals surface area contributed by atoms with Crippen molar-refractivity contribution in [1.29, 1.82) is 0 Å². The smallest absolute Gasteiger partial charge is 0.240 e. The van der Waals surface area contributed by atoms with E-state index in [1.165, 1.54) is 0 Å². The molecule has 0 atom stereocenters. The van der Waals surface area contributed by atoms with Crippen LogP contribution in [0, 0.1) is 0 Å². The number of anilines is 1. The molecule has 3 heterocycles. The van der Waals surface area contributed by atoms with Gasteiger partial charge in [0.1, 0.15) is 11.4 Å². The van der Waals surface area contributed by atoms with Crippen molar-refractivity contribution in [3.63, 3.8) is 0 Å². The summed E-state index contributed by atoms with van der Waals surface area (Å²) in [5.74, 6) is 0.143. The van der Waals surface area contributed by atoms with Crippen LogP contribution >= 0.6 is 31.9 Å². The van der Waals surface area contributed by atoms with E-state index in [2.05, 4.69) is 74.8 Å². The summed E-state index contributed by atoms with van der Waals surface area (Å²) in [7, 11) is 2.01. The topological polar surface area (TPSA) is 85.4 Å². The summed E-state index contributed by atoms with van der Waals surface area (Å²) < 4.78 is 4.07. The Balaban J connectivity index is 1.84. The van der Waals surface area contributed by atoms with Gasteiger partial charge in [-0.25, -0.2) is 4.98 Å². The average molecular weight is 498 g/mol. The molecule has 0 amide bonds. The van der Waals surface area contributed by atoms with Crippen LogP contribution in [0.3, 0.4) is 0 Å².